The number of aryl methyl sites for hydroxylation is 2. The number of carbonyl (C=O) groups is 2. The Morgan fingerprint density at radius 2 is 1.84 bits per heavy atom. The summed E-state index contributed by atoms with van der Waals surface area (Å²) >= 11 is 0. The number of benzene rings is 2. The molecule has 0 aromatic heterocycles. The van der Waals surface area contributed by atoms with E-state index in [1.54, 1.807) is 4.90 Å². The van der Waals surface area contributed by atoms with Crippen LogP contribution in [0.3, 0.4) is 0 Å². The lowest BCUT2D eigenvalue weighted by Crippen LogP contribution is -2.46. The maximum absolute atomic E-state index is 12.1. The van der Waals surface area contributed by atoms with E-state index in [2.05, 4.69) is 34.9 Å². The summed E-state index contributed by atoms with van der Waals surface area (Å²) in [4.78, 5) is 25.7. The summed E-state index contributed by atoms with van der Waals surface area (Å²) in [5, 5.41) is 5.74. The minimum absolute atomic E-state index is 0.0101. The van der Waals surface area contributed by atoms with E-state index in [4.69, 9.17) is 0 Å². The molecular formula is C20H23N3O2. The topological polar surface area (TPSA) is 61.4 Å². The first kappa shape index (κ1) is 17.0. The lowest BCUT2D eigenvalue weighted by atomic mass is 10.1. The van der Waals surface area contributed by atoms with Crippen LogP contribution in [-0.4, -0.2) is 25.0 Å². The number of rotatable bonds is 5. The Morgan fingerprint density at radius 3 is 2.52 bits per heavy atom. The van der Waals surface area contributed by atoms with Crippen LogP contribution in [0.25, 0.3) is 0 Å². The number of hydrogen-bond donors (Lipinski definition) is 2. The van der Waals surface area contributed by atoms with Crippen molar-refractivity contribution in [3.05, 3.63) is 59.7 Å². The number of carbonyl (C=O) groups excluding carboxylic acids is 2. The number of nitrogens with zero attached hydrogens (tertiary/aromatic N) is 1. The van der Waals surface area contributed by atoms with Crippen molar-refractivity contribution in [2.24, 2.45) is 0 Å². The molecule has 0 bridgehead atoms. The quantitative estimate of drug-likeness (QED) is 0.877. The summed E-state index contributed by atoms with van der Waals surface area (Å²) in [6, 6.07) is 15.6. The normalized spacial score (nSPS) is 14.1. The number of hydrogen-bond acceptors (Lipinski definition) is 2. The molecule has 1 heterocycles. The predicted octanol–water partition coefficient (Wildman–Crippen LogP) is 3.49. The first-order valence-corrected chi connectivity index (χ1v) is 8.63. The van der Waals surface area contributed by atoms with E-state index in [9.17, 15) is 9.59 Å². The van der Waals surface area contributed by atoms with Crippen molar-refractivity contribution in [3.8, 4) is 0 Å². The summed E-state index contributed by atoms with van der Waals surface area (Å²) in [5.74, 6) is -0.0101. The summed E-state index contributed by atoms with van der Waals surface area (Å²) in [5.41, 5.74) is 3.97. The van der Waals surface area contributed by atoms with Gasteiger partial charge in [0.2, 0.25) is 5.91 Å². The molecule has 25 heavy (non-hydrogen) atoms. The van der Waals surface area contributed by atoms with E-state index in [0.29, 0.717) is 13.0 Å². The smallest absolute Gasteiger partial charge is 0.321 e. The first-order valence-electron chi connectivity index (χ1n) is 8.63. The van der Waals surface area contributed by atoms with Crippen molar-refractivity contribution >= 4 is 23.3 Å². The SMILES string of the molecule is Cc1ccc(CCC(=O)Nc2ccc(N3CCCNC3=O)cc2)cc1. The molecule has 2 N–H and O–H groups in total. The van der Waals surface area contributed by atoms with Gasteiger partial charge in [0.25, 0.3) is 0 Å². The average Bonchev–Trinajstić information content (AvgIpc) is 2.62. The Morgan fingerprint density at radius 1 is 1.12 bits per heavy atom. The molecular weight excluding hydrogens is 314 g/mol. The summed E-state index contributed by atoms with van der Waals surface area (Å²) in [7, 11) is 0. The Labute approximate surface area is 148 Å². The van der Waals surface area contributed by atoms with E-state index in [-0.39, 0.29) is 11.9 Å². The monoisotopic (exact) mass is 337 g/mol. The summed E-state index contributed by atoms with van der Waals surface area (Å²) in [6.07, 6.45) is 2.10. The van der Waals surface area contributed by atoms with Crippen molar-refractivity contribution in [2.75, 3.05) is 23.3 Å². The minimum Gasteiger partial charge on any atom is -0.338 e. The maximum Gasteiger partial charge on any atom is 0.321 e. The van der Waals surface area contributed by atoms with Gasteiger partial charge in [-0.15, -0.1) is 0 Å². The molecule has 2 aromatic rings. The zero-order chi connectivity index (χ0) is 17.6. The van der Waals surface area contributed by atoms with E-state index in [1.165, 1.54) is 5.56 Å². The van der Waals surface area contributed by atoms with Crippen LogP contribution >= 0.6 is 0 Å². The van der Waals surface area contributed by atoms with Gasteiger partial charge in [-0.3, -0.25) is 9.69 Å². The molecule has 0 spiro atoms. The molecule has 0 saturated carbocycles. The van der Waals surface area contributed by atoms with Gasteiger partial charge < -0.3 is 10.6 Å². The van der Waals surface area contributed by atoms with Crippen LogP contribution < -0.4 is 15.5 Å². The highest BCUT2D eigenvalue weighted by atomic mass is 16.2. The molecule has 2 aromatic carbocycles. The van der Waals surface area contributed by atoms with Crippen molar-refractivity contribution in [2.45, 2.75) is 26.2 Å². The maximum atomic E-state index is 12.1. The largest absolute Gasteiger partial charge is 0.338 e. The summed E-state index contributed by atoms with van der Waals surface area (Å²) in [6.45, 7) is 3.49. The fourth-order valence-electron chi connectivity index (χ4n) is 2.84. The highest BCUT2D eigenvalue weighted by Gasteiger charge is 2.18. The van der Waals surface area contributed by atoms with Crippen molar-refractivity contribution in [1.29, 1.82) is 0 Å². The van der Waals surface area contributed by atoms with Crippen LogP contribution in [0.1, 0.15) is 24.0 Å². The molecule has 1 aliphatic heterocycles. The lowest BCUT2D eigenvalue weighted by molar-refractivity contribution is -0.116. The molecule has 5 heteroatoms. The van der Waals surface area contributed by atoms with Crippen LogP contribution in [0.4, 0.5) is 16.2 Å². The third-order valence-electron chi connectivity index (χ3n) is 4.30. The van der Waals surface area contributed by atoms with E-state index in [0.717, 1.165) is 36.3 Å². The molecule has 0 aliphatic carbocycles. The third kappa shape index (κ3) is 4.59. The lowest BCUT2D eigenvalue weighted by Gasteiger charge is -2.27. The Balaban J connectivity index is 1.53. The Bertz CT molecular complexity index is 739. The zero-order valence-corrected chi connectivity index (χ0v) is 14.4. The number of amides is 3. The second kappa shape index (κ2) is 7.83. The number of nitrogens with one attached hydrogen (secondary N) is 2. The van der Waals surface area contributed by atoms with Gasteiger partial charge in [0.15, 0.2) is 0 Å². The van der Waals surface area contributed by atoms with Gasteiger partial charge in [-0.25, -0.2) is 4.79 Å². The van der Waals surface area contributed by atoms with Crippen LogP contribution in [0, 0.1) is 6.92 Å². The average molecular weight is 337 g/mol. The number of urea groups is 1. The third-order valence-corrected chi connectivity index (χ3v) is 4.30. The molecule has 3 amide bonds. The van der Waals surface area contributed by atoms with Crippen molar-refractivity contribution in [1.82, 2.24) is 5.32 Å². The molecule has 3 rings (SSSR count). The molecule has 1 aliphatic rings. The standard InChI is InChI=1S/C20H23N3O2/c1-15-3-5-16(6-4-15)7-12-19(24)22-17-8-10-18(11-9-17)23-14-2-13-21-20(23)25/h3-6,8-11H,2,7,12-14H2,1H3,(H,21,25)(H,22,24). The van der Waals surface area contributed by atoms with Crippen LogP contribution in [0.5, 0.6) is 0 Å². The highest BCUT2D eigenvalue weighted by Crippen LogP contribution is 2.20. The van der Waals surface area contributed by atoms with Crippen LogP contribution in [-0.2, 0) is 11.2 Å². The van der Waals surface area contributed by atoms with Crippen LogP contribution in [0.15, 0.2) is 48.5 Å². The van der Waals surface area contributed by atoms with Gasteiger partial charge in [-0.05, 0) is 49.6 Å². The zero-order valence-electron chi connectivity index (χ0n) is 14.4. The van der Waals surface area contributed by atoms with Gasteiger partial charge in [-0.2, -0.15) is 0 Å². The van der Waals surface area contributed by atoms with E-state index < -0.39 is 0 Å². The second-order valence-electron chi connectivity index (χ2n) is 6.32. The predicted molar refractivity (Wildman–Crippen MR) is 99.9 cm³/mol. The fourth-order valence-corrected chi connectivity index (χ4v) is 2.84. The molecule has 0 radical (unpaired) electrons. The van der Waals surface area contributed by atoms with Gasteiger partial charge in [0, 0.05) is 30.9 Å². The molecule has 0 unspecified atom stereocenters. The van der Waals surface area contributed by atoms with Gasteiger partial charge >= 0.3 is 6.03 Å². The summed E-state index contributed by atoms with van der Waals surface area (Å²) < 4.78 is 0. The fraction of sp³-hybridized carbons (Fsp3) is 0.300. The molecule has 130 valence electrons. The van der Waals surface area contributed by atoms with Gasteiger partial charge in [0.05, 0.1) is 0 Å². The Hall–Kier alpha value is -2.82. The van der Waals surface area contributed by atoms with Gasteiger partial charge in [0.1, 0.15) is 0 Å². The Kier molecular flexibility index (Phi) is 5.33. The van der Waals surface area contributed by atoms with E-state index in [1.807, 2.05) is 31.2 Å². The van der Waals surface area contributed by atoms with Crippen molar-refractivity contribution in [3.63, 3.8) is 0 Å². The first-order chi connectivity index (χ1) is 12.1. The molecule has 1 saturated heterocycles. The highest BCUT2D eigenvalue weighted by molar-refractivity contribution is 5.94. The van der Waals surface area contributed by atoms with Crippen LogP contribution in [0.2, 0.25) is 0 Å². The second-order valence-corrected chi connectivity index (χ2v) is 6.32. The van der Waals surface area contributed by atoms with E-state index >= 15 is 0 Å². The van der Waals surface area contributed by atoms with Gasteiger partial charge in [-0.1, -0.05) is 29.8 Å². The van der Waals surface area contributed by atoms with Crippen molar-refractivity contribution < 1.29 is 9.59 Å². The molecule has 0 atom stereocenters. The molecule has 5 nitrogen and oxygen atoms in total. The minimum atomic E-state index is -0.0684. The number of anilines is 2. The molecule has 1 fully saturated rings.